The molecular weight excluding hydrogens is 349 g/mol. The molecule has 2 aromatic rings. The van der Waals surface area contributed by atoms with Gasteiger partial charge in [0.15, 0.2) is 0 Å². The molecule has 1 heterocycles. The monoisotopic (exact) mass is 371 g/mol. The van der Waals surface area contributed by atoms with E-state index in [1.165, 1.54) is 23.5 Å². The van der Waals surface area contributed by atoms with Crippen molar-refractivity contribution in [1.82, 2.24) is 10.3 Å². The molecule has 1 amide bonds. The molecule has 24 heavy (non-hydrogen) atoms. The van der Waals surface area contributed by atoms with Crippen LogP contribution in [0.5, 0.6) is 0 Å². The normalized spacial score (nSPS) is 13.0. The first-order chi connectivity index (χ1) is 10.9. The van der Waals surface area contributed by atoms with Gasteiger partial charge in [0, 0.05) is 18.0 Å². The fraction of sp³-hybridized carbons (Fsp3) is 0.412. The topological polar surface area (TPSA) is 68.0 Å². The van der Waals surface area contributed by atoms with Crippen LogP contribution in [0.15, 0.2) is 24.3 Å². The number of halogens is 2. The second-order valence-electron chi connectivity index (χ2n) is 5.78. The molecule has 0 fully saturated rings. The molecule has 0 aliphatic rings. The van der Waals surface area contributed by atoms with Crippen LogP contribution in [0, 0.1) is 12.7 Å². The van der Waals surface area contributed by atoms with E-state index in [0.29, 0.717) is 12.8 Å². The van der Waals surface area contributed by atoms with E-state index in [4.69, 9.17) is 5.73 Å². The van der Waals surface area contributed by atoms with Crippen molar-refractivity contribution in [1.29, 1.82) is 0 Å². The van der Waals surface area contributed by atoms with Crippen LogP contribution in [0.2, 0.25) is 0 Å². The van der Waals surface area contributed by atoms with Crippen molar-refractivity contribution < 1.29 is 9.18 Å². The zero-order valence-corrected chi connectivity index (χ0v) is 15.6. The highest BCUT2D eigenvalue weighted by Crippen LogP contribution is 2.31. The molecule has 2 unspecified atom stereocenters. The fourth-order valence-electron chi connectivity index (χ4n) is 2.26. The minimum absolute atomic E-state index is 0. The Morgan fingerprint density at radius 1 is 1.33 bits per heavy atom. The van der Waals surface area contributed by atoms with Gasteiger partial charge in [-0.3, -0.25) is 4.79 Å². The summed E-state index contributed by atoms with van der Waals surface area (Å²) in [5.41, 5.74) is 7.43. The third kappa shape index (κ3) is 5.54. The molecular formula is C17H23ClFN3OS. The largest absolute Gasteiger partial charge is 0.349 e. The van der Waals surface area contributed by atoms with E-state index in [1.54, 1.807) is 12.1 Å². The fourth-order valence-corrected chi connectivity index (χ4v) is 3.34. The van der Waals surface area contributed by atoms with Crippen molar-refractivity contribution >= 4 is 29.7 Å². The molecule has 0 saturated carbocycles. The number of aromatic nitrogens is 1. The van der Waals surface area contributed by atoms with Crippen LogP contribution in [0.25, 0.3) is 10.6 Å². The third-order valence-corrected chi connectivity index (χ3v) is 4.91. The molecule has 0 spiro atoms. The second kappa shape index (κ2) is 9.11. The van der Waals surface area contributed by atoms with Gasteiger partial charge in [-0.15, -0.1) is 23.7 Å². The first kappa shape index (κ1) is 20.5. The summed E-state index contributed by atoms with van der Waals surface area (Å²) in [5.74, 6) is -0.275. The van der Waals surface area contributed by atoms with Crippen LogP contribution in [-0.4, -0.2) is 16.9 Å². The van der Waals surface area contributed by atoms with E-state index in [2.05, 4.69) is 10.3 Å². The van der Waals surface area contributed by atoms with Crippen LogP contribution in [-0.2, 0) is 4.79 Å². The van der Waals surface area contributed by atoms with Crippen molar-refractivity contribution in [3.05, 3.63) is 40.7 Å². The number of nitrogens with two attached hydrogens (primary N) is 1. The molecule has 2 rings (SSSR count). The molecule has 1 aromatic heterocycles. The maximum Gasteiger partial charge on any atom is 0.220 e. The SMILES string of the molecule is Cc1nc(-c2ccc(F)cc2)sc1C(C)NC(=O)CCC(C)N.Cl. The maximum absolute atomic E-state index is 13.0. The number of carbonyl (C=O) groups excluding carboxylic acids is 1. The summed E-state index contributed by atoms with van der Waals surface area (Å²) in [6, 6.07) is 6.18. The maximum atomic E-state index is 13.0. The Bertz CT molecular complexity index is 673. The number of aryl methyl sites for hydroxylation is 1. The average Bonchev–Trinajstić information content (AvgIpc) is 2.88. The summed E-state index contributed by atoms with van der Waals surface area (Å²) >= 11 is 1.52. The molecule has 0 saturated heterocycles. The predicted molar refractivity (Wildman–Crippen MR) is 98.9 cm³/mol. The standard InChI is InChI=1S/C17H22FN3OS.ClH/c1-10(19)4-9-15(22)20-11(2)16-12(3)21-17(23-16)13-5-7-14(18)8-6-13;/h5-8,10-11H,4,9,19H2,1-3H3,(H,20,22);1H. The van der Waals surface area contributed by atoms with Gasteiger partial charge in [-0.2, -0.15) is 0 Å². The number of thiazole rings is 1. The van der Waals surface area contributed by atoms with Crippen molar-refractivity contribution in [3.8, 4) is 10.6 Å². The van der Waals surface area contributed by atoms with Gasteiger partial charge in [0.05, 0.1) is 16.6 Å². The summed E-state index contributed by atoms with van der Waals surface area (Å²) in [7, 11) is 0. The van der Waals surface area contributed by atoms with Gasteiger partial charge in [-0.1, -0.05) is 0 Å². The molecule has 0 bridgehead atoms. The van der Waals surface area contributed by atoms with Crippen molar-refractivity contribution in [3.63, 3.8) is 0 Å². The molecule has 132 valence electrons. The third-order valence-electron chi connectivity index (χ3n) is 3.52. The van der Waals surface area contributed by atoms with E-state index in [0.717, 1.165) is 21.1 Å². The first-order valence-electron chi connectivity index (χ1n) is 7.65. The minimum atomic E-state index is -0.267. The van der Waals surface area contributed by atoms with Gasteiger partial charge in [-0.25, -0.2) is 9.37 Å². The van der Waals surface area contributed by atoms with E-state index >= 15 is 0 Å². The van der Waals surface area contributed by atoms with Gasteiger partial charge in [0.2, 0.25) is 5.91 Å². The van der Waals surface area contributed by atoms with Crippen LogP contribution in [0.1, 0.15) is 43.3 Å². The molecule has 7 heteroatoms. The summed E-state index contributed by atoms with van der Waals surface area (Å²) in [4.78, 5) is 17.5. The molecule has 2 atom stereocenters. The van der Waals surface area contributed by atoms with Gasteiger partial charge in [0.1, 0.15) is 10.8 Å². The highest BCUT2D eigenvalue weighted by molar-refractivity contribution is 7.15. The quantitative estimate of drug-likeness (QED) is 0.806. The van der Waals surface area contributed by atoms with Gasteiger partial charge >= 0.3 is 0 Å². The zero-order chi connectivity index (χ0) is 17.0. The van der Waals surface area contributed by atoms with Crippen LogP contribution < -0.4 is 11.1 Å². The summed E-state index contributed by atoms with van der Waals surface area (Å²) in [6.07, 6.45) is 1.09. The predicted octanol–water partition coefficient (Wildman–Crippen LogP) is 3.98. The lowest BCUT2D eigenvalue weighted by molar-refractivity contribution is -0.121. The summed E-state index contributed by atoms with van der Waals surface area (Å²) in [5, 5.41) is 3.81. The number of rotatable bonds is 6. The number of amides is 1. The van der Waals surface area contributed by atoms with Gasteiger partial charge < -0.3 is 11.1 Å². The second-order valence-corrected chi connectivity index (χ2v) is 6.81. The molecule has 0 aliphatic carbocycles. The highest BCUT2D eigenvalue weighted by atomic mass is 35.5. The van der Waals surface area contributed by atoms with Crippen LogP contribution >= 0.6 is 23.7 Å². The Morgan fingerprint density at radius 2 is 1.96 bits per heavy atom. The highest BCUT2D eigenvalue weighted by Gasteiger charge is 2.17. The van der Waals surface area contributed by atoms with Gasteiger partial charge in [0.25, 0.3) is 0 Å². The molecule has 0 radical (unpaired) electrons. The Labute approximate surface area is 152 Å². The lowest BCUT2D eigenvalue weighted by atomic mass is 10.1. The summed E-state index contributed by atoms with van der Waals surface area (Å²) < 4.78 is 13.0. The Morgan fingerprint density at radius 3 is 2.54 bits per heavy atom. The van der Waals surface area contributed by atoms with Crippen molar-refractivity contribution in [2.45, 2.75) is 45.7 Å². The molecule has 3 N–H and O–H groups in total. The summed E-state index contributed by atoms with van der Waals surface area (Å²) in [6.45, 7) is 5.75. The Balaban J connectivity index is 0.00000288. The number of benzene rings is 1. The minimum Gasteiger partial charge on any atom is -0.349 e. The molecule has 1 aromatic carbocycles. The Hall–Kier alpha value is -1.50. The number of carbonyl (C=O) groups is 1. The number of hydrogen-bond donors (Lipinski definition) is 2. The van der Waals surface area contributed by atoms with E-state index < -0.39 is 0 Å². The zero-order valence-electron chi connectivity index (χ0n) is 14.0. The Kier molecular flexibility index (Phi) is 7.79. The van der Waals surface area contributed by atoms with Crippen LogP contribution in [0.3, 0.4) is 0 Å². The van der Waals surface area contributed by atoms with Crippen molar-refractivity contribution in [2.24, 2.45) is 5.73 Å². The molecule has 4 nitrogen and oxygen atoms in total. The van der Waals surface area contributed by atoms with Crippen LogP contribution in [0.4, 0.5) is 4.39 Å². The van der Waals surface area contributed by atoms with E-state index in [1.807, 2.05) is 20.8 Å². The average molecular weight is 372 g/mol. The van der Waals surface area contributed by atoms with Gasteiger partial charge in [-0.05, 0) is 51.5 Å². The van der Waals surface area contributed by atoms with E-state index in [9.17, 15) is 9.18 Å². The number of nitrogens with one attached hydrogen (secondary N) is 1. The van der Waals surface area contributed by atoms with E-state index in [-0.39, 0.29) is 36.2 Å². The smallest absolute Gasteiger partial charge is 0.220 e. The van der Waals surface area contributed by atoms with Crippen molar-refractivity contribution in [2.75, 3.05) is 0 Å². The molecule has 0 aliphatic heterocycles. The number of nitrogens with zero attached hydrogens (tertiary/aromatic N) is 1. The lowest BCUT2D eigenvalue weighted by Crippen LogP contribution is -2.28. The first-order valence-corrected chi connectivity index (χ1v) is 8.46. The lowest BCUT2D eigenvalue weighted by Gasteiger charge is -2.13. The number of hydrogen-bond acceptors (Lipinski definition) is 4.